The SMILES string of the molecule is O=C[C@@H](OC(=O)c1ccccc1)[C@@H](OC(=O)c1ccccc1)[C@H](OC(=O)c1ccccc1)[C@@H](Br)COC(=O)c1ccccc1. The molecule has 0 aromatic heterocycles. The van der Waals surface area contributed by atoms with Gasteiger partial charge in [-0.2, -0.15) is 0 Å². The summed E-state index contributed by atoms with van der Waals surface area (Å²) >= 11 is 3.40. The van der Waals surface area contributed by atoms with Gasteiger partial charge in [-0.1, -0.05) is 88.7 Å². The highest BCUT2D eigenvalue weighted by molar-refractivity contribution is 9.09. The molecule has 0 aliphatic heterocycles. The zero-order valence-electron chi connectivity index (χ0n) is 23.2. The number of carbonyl (C=O) groups is 5. The van der Waals surface area contributed by atoms with Crippen LogP contribution in [0.25, 0.3) is 0 Å². The fourth-order valence-electron chi connectivity index (χ4n) is 4.05. The van der Waals surface area contributed by atoms with Gasteiger partial charge in [-0.25, -0.2) is 19.2 Å². The van der Waals surface area contributed by atoms with E-state index in [0.29, 0.717) is 0 Å². The van der Waals surface area contributed by atoms with Gasteiger partial charge in [0.2, 0.25) is 0 Å². The molecule has 4 atom stereocenters. The molecule has 224 valence electrons. The van der Waals surface area contributed by atoms with Gasteiger partial charge in [-0.05, 0) is 48.5 Å². The third kappa shape index (κ3) is 8.71. The highest BCUT2D eigenvalue weighted by Crippen LogP contribution is 2.24. The summed E-state index contributed by atoms with van der Waals surface area (Å²) in [5.74, 6) is -3.24. The molecule has 0 N–H and O–H groups in total. The lowest BCUT2D eigenvalue weighted by molar-refractivity contribution is -0.129. The molecule has 9 nitrogen and oxygen atoms in total. The molecule has 4 rings (SSSR count). The maximum Gasteiger partial charge on any atom is 0.338 e. The van der Waals surface area contributed by atoms with Crippen LogP contribution in [0.4, 0.5) is 0 Å². The highest BCUT2D eigenvalue weighted by Gasteiger charge is 2.43. The molecular weight excluding hydrogens is 632 g/mol. The van der Waals surface area contributed by atoms with Crippen molar-refractivity contribution in [2.75, 3.05) is 6.61 Å². The summed E-state index contributed by atoms with van der Waals surface area (Å²) in [5, 5.41) is 0. The second-order valence-electron chi connectivity index (χ2n) is 9.32. The summed E-state index contributed by atoms with van der Waals surface area (Å²) in [6.07, 6.45) is -4.60. The van der Waals surface area contributed by atoms with Crippen molar-refractivity contribution in [2.24, 2.45) is 0 Å². The Balaban J connectivity index is 1.68. The van der Waals surface area contributed by atoms with Gasteiger partial charge in [0.25, 0.3) is 0 Å². The number of rotatable bonds is 13. The van der Waals surface area contributed by atoms with E-state index in [-0.39, 0.29) is 35.1 Å². The molecule has 4 aromatic rings. The van der Waals surface area contributed by atoms with Crippen LogP contribution in [0.15, 0.2) is 121 Å². The van der Waals surface area contributed by atoms with Gasteiger partial charge in [0.05, 0.1) is 27.1 Å². The number of hydrogen-bond acceptors (Lipinski definition) is 9. The van der Waals surface area contributed by atoms with Crippen molar-refractivity contribution >= 4 is 46.1 Å². The van der Waals surface area contributed by atoms with E-state index in [4.69, 9.17) is 18.9 Å². The normalized spacial score (nSPS) is 13.3. The fourth-order valence-corrected chi connectivity index (χ4v) is 4.59. The van der Waals surface area contributed by atoms with Crippen LogP contribution in [0.5, 0.6) is 0 Å². The molecule has 0 heterocycles. The fraction of sp³-hybridized carbons (Fsp3) is 0.147. The van der Waals surface area contributed by atoms with Crippen molar-refractivity contribution in [3.05, 3.63) is 144 Å². The Morgan fingerprint density at radius 2 is 0.864 bits per heavy atom. The lowest BCUT2D eigenvalue weighted by atomic mass is 10.0. The molecule has 0 radical (unpaired) electrons. The van der Waals surface area contributed by atoms with E-state index in [1.165, 1.54) is 36.4 Å². The maximum absolute atomic E-state index is 13.2. The molecule has 0 aliphatic carbocycles. The van der Waals surface area contributed by atoms with Crippen LogP contribution in [-0.2, 0) is 23.7 Å². The Morgan fingerprint density at radius 3 is 1.25 bits per heavy atom. The number of hydrogen-bond donors (Lipinski definition) is 0. The van der Waals surface area contributed by atoms with Gasteiger partial charge in [-0.3, -0.25) is 4.79 Å². The summed E-state index contributed by atoms with van der Waals surface area (Å²) in [4.78, 5) is 63.6. The average molecular weight is 659 g/mol. The molecule has 0 amide bonds. The van der Waals surface area contributed by atoms with Crippen LogP contribution in [-0.4, -0.2) is 59.9 Å². The van der Waals surface area contributed by atoms with E-state index in [0.717, 1.165) is 0 Å². The van der Waals surface area contributed by atoms with Crippen molar-refractivity contribution in [1.29, 1.82) is 0 Å². The highest BCUT2D eigenvalue weighted by atomic mass is 79.9. The van der Waals surface area contributed by atoms with Gasteiger partial charge in [0.1, 0.15) is 6.61 Å². The van der Waals surface area contributed by atoms with Crippen molar-refractivity contribution in [3.63, 3.8) is 0 Å². The Kier molecular flexibility index (Phi) is 11.5. The number of alkyl halides is 1. The summed E-state index contributed by atoms with van der Waals surface area (Å²) < 4.78 is 22.5. The molecule has 0 bridgehead atoms. The van der Waals surface area contributed by atoms with Crippen molar-refractivity contribution < 1.29 is 42.9 Å². The number of halogens is 1. The van der Waals surface area contributed by atoms with Crippen molar-refractivity contribution in [3.8, 4) is 0 Å². The molecule has 0 unspecified atom stereocenters. The van der Waals surface area contributed by atoms with Crippen LogP contribution in [0.3, 0.4) is 0 Å². The third-order valence-electron chi connectivity index (χ3n) is 6.28. The molecule has 0 spiro atoms. The van der Waals surface area contributed by atoms with Gasteiger partial charge in [-0.15, -0.1) is 0 Å². The molecule has 0 fully saturated rings. The number of esters is 4. The zero-order chi connectivity index (χ0) is 31.3. The maximum atomic E-state index is 13.2. The van der Waals surface area contributed by atoms with Crippen molar-refractivity contribution in [1.82, 2.24) is 0 Å². The molecule has 0 saturated carbocycles. The molecule has 0 saturated heterocycles. The predicted molar refractivity (Wildman–Crippen MR) is 162 cm³/mol. The number of aldehydes is 1. The molecular formula is C34H27BrO9. The minimum Gasteiger partial charge on any atom is -0.461 e. The topological polar surface area (TPSA) is 122 Å². The summed E-state index contributed by atoms with van der Waals surface area (Å²) in [6, 6.07) is 32.0. The molecule has 0 aliphatic rings. The quantitative estimate of drug-likeness (QED) is 0.0795. The zero-order valence-corrected chi connectivity index (χ0v) is 24.8. The largest absolute Gasteiger partial charge is 0.461 e. The standard InChI is InChI=1S/C34H27BrO9/c35-27(22-41-31(37)23-13-5-1-6-14-23)29(43-33(39)25-17-9-3-10-18-25)30(44-34(40)26-19-11-4-12-20-26)28(21-36)42-32(38)24-15-7-2-8-16-24/h1-21,27-30H,22H2/t27-,28+,29+,30+/m0/s1. The molecule has 10 heteroatoms. The predicted octanol–water partition coefficient (Wildman–Crippen LogP) is 5.48. The van der Waals surface area contributed by atoms with E-state index < -0.39 is 47.0 Å². The first-order valence-corrected chi connectivity index (χ1v) is 14.4. The van der Waals surface area contributed by atoms with Gasteiger partial charge < -0.3 is 18.9 Å². The minimum atomic E-state index is -1.73. The van der Waals surface area contributed by atoms with Crippen LogP contribution >= 0.6 is 15.9 Å². The van der Waals surface area contributed by atoms with Gasteiger partial charge in [0, 0.05) is 0 Å². The van der Waals surface area contributed by atoms with Gasteiger partial charge >= 0.3 is 23.9 Å². The second kappa shape index (κ2) is 15.9. The van der Waals surface area contributed by atoms with Crippen LogP contribution in [0.1, 0.15) is 41.4 Å². The first-order valence-electron chi connectivity index (χ1n) is 13.5. The number of ether oxygens (including phenoxy) is 4. The van der Waals surface area contributed by atoms with Crippen LogP contribution in [0.2, 0.25) is 0 Å². The minimum absolute atomic E-state index is 0.131. The Labute approximate surface area is 261 Å². The first-order chi connectivity index (χ1) is 21.4. The lowest BCUT2D eigenvalue weighted by Crippen LogP contribution is -2.51. The van der Waals surface area contributed by atoms with Crippen LogP contribution in [0, 0.1) is 0 Å². The Hall–Kier alpha value is -5.09. The lowest BCUT2D eigenvalue weighted by Gasteiger charge is -2.32. The molecule has 44 heavy (non-hydrogen) atoms. The average Bonchev–Trinajstić information content (AvgIpc) is 3.08. The summed E-state index contributed by atoms with van der Waals surface area (Å²) in [7, 11) is 0. The number of benzene rings is 4. The monoisotopic (exact) mass is 658 g/mol. The van der Waals surface area contributed by atoms with Gasteiger partial charge in [0.15, 0.2) is 24.6 Å². The summed E-state index contributed by atoms with van der Waals surface area (Å²) in [5.41, 5.74) is 0.707. The third-order valence-corrected chi connectivity index (χ3v) is 7.06. The summed E-state index contributed by atoms with van der Waals surface area (Å²) in [6.45, 7) is -0.377. The van der Waals surface area contributed by atoms with E-state index >= 15 is 0 Å². The smallest absolute Gasteiger partial charge is 0.338 e. The molecule has 4 aromatic carbocycles. The van der Waals surface area contributed by atoms with Crippen LogP contribution < -0.4 is 0 Å². The van der Waals surface area contributed by atoms with E-state index in [9.17, 15) is 24.0 Å². The first kappa shape index (κ1) is 31.8. The van der Waals surface area contributed by atoms with E-state index in [2.05, 4.69) is 15.9 Å². The number of carbonyl (C=O) groups excluding carboxylic acids is 5. The Morgan fingerprint density at radius 1 is 0.523 bits per heavy atom. The van der Waals surface area contributed by atoms with E-state index in [1.54, 1.807) is 84.9 Å². The van der Waals surface area contributed by atoms with E-state index in [1.807, 2.05) is 0 Å². The Bertz CT molecular complexity index is 1550. The second-order valence-corrected chi connectivity index (χ2v) is 10.5. The van der Waals surface area contributed by atoms with Crippen molar-refractivity contribution in [2.45, 2.75) is 23.1 Å².